The average Bonchev–Trinajstić information content (AvgIpc) is 2.78. The Morgan fingerprint density at radius 1 is 1.58 bits per heavy atom. The van der Waals surface area contributed by atoms with Crippen LogP contribution in [0.15, 0.2) is 18.2 Å². The lowest BCUT2D eigenvalue weighted by molar-refractivity contribution is -0.138. The zero-order chi connectivity index (χ0) is 13.8. The van der Waals surface area contributed by atoms with Gasteiger partial charge in [0.1, 0.15) is 11.9 Å². The third-order valence-electron chi connectivity index (χ3n) is 3.48. The molecule has 1 aromatic rings. The van der Waals surface area contributed by atoms with E-state index in [1.807, 2.05) is 11.0 Å². The van der Waals surface area contributed by atoms with Gasteiger partial charge < -0.3 is 5.11 Å². The topological polar surface area (TPSA) is 64.3 Å². The molecular weight excluding hydrogens is 247 g/mol. The van der Waals surface area contributed by atoms with Crippen LogP contribution in [0, 0.1) is 17.1 Å². The van der Waals surface area contributed by atoms with Crippen LogP contribution in [-0.2, 0) is 11.3 Å². The summed E-state index contributed by atoms with van der Waals surface area (Å²) >= 11 is 0. The molecule has 5 heteroatoms. The molecule has 1 atom stereocenters. The molecule has 1 fully saturated rings. The van der Waals surface area contributed by atoms with Crippen LogP contribution in [0.3, 0.4) is 0 Å². The Balaban J connectivity index is 2.13. The summed E-state index contributed by atoms with van der Waals surface area (Å²) in [6.45, 7) is 1.13. The fraction of sp³-hybridized carbons (Fsp3) is 0.429. The van der Waals surface area contributed by atoms with E-state index >= 15 is 0 Å². The first-order valence-electron chi connectivity index (χ1n) is 6.25. The van der Waals surface area contributed by atoms with E-state index in [1.165, 1.54) is 6.07 Å². The first kappa shape index (κ1) is 13.5. The Bertz CT molecular complexity index is 525. The smallest absolute Gasteiger partial charge is 0.304 e. The molecule has 1 N–H and O–H groups in total. The highest BCUT2D eigenvalue weighted by Crippen LogP contribution is 2.24. The van der Waals surface area contributed by atoms with Crippen LogP contribution in [0.25, 0.3) is 0 Å². The number of hydrogen-bond donors (Lipinski definition) is 1. The first-order chi connectivity index (χ1) is 9.11. The van der Waals surface area contributed by atoms with Gasteiger partial charge in [0.05, 0.1) is 12.0 Å². The van der Waals surface area contributed by atoms with Gasteiger partial charge in [-0.1, -0.05) is 12.1 Å². The summed E-state index contributed by atoms with van der Waals surface area (Å²) in [5.74, 6) is -1.32. The number of carboxylic acids is 1. The molecule has 1 heterocycles. The Hall–Kier alpha value is -1.93. The van der Waals surface area contributed by atoms with Gasteiger partial charge in [-0.05, 0) is 25.5 Å². The van der Waals surface area contributed by atoms with Gasteiger partial charge in [0.25, 0.3) is 0 Å². The molecular formula is C14H15FN2O2. The number of rotatable bonds is 4. The van der Waals surface area contributed by atoms with Crippen molar-refractivity contribution in [2.45, 2.75) is 31.8 Å². The quantitative estimate of drug-likeness (QED) is 0.902. The summed E-state index contributed by atoms with van der Waals surface area (Å²) in [6, 6.07) is 6.52. The molecule has 1 saturated heterocycles. The van der Waals surface area contributed by atoms with Gasteiger partial charge in [-0.3, -0.25) is 9.69 Å². The van der Waals surface area contributed by atoms with E-state index in [0.29, 0.717) is 12.1 Å². The Kier molecular flexibility index (Phi) is 4.13. The lowest BCUT2D eigenvalue weighted by Crippen LogP contribution is -2.31. The van der Waals surface area contributed by atoms with Crippen LogP contribution in [0.1, 0.15) is 30.4 Å². The maximum absolute atomic E-state index is 14.0. The molecule has 100 valence electrons. The zero-order valence-corrected chi connectivity index (χ0v) is 10.5. The molecule has 1 unspecified atom stereocenters. The van der Waals surface area contributed by atoms with Crippen molar-refractivity contribution in [1.82, 2.24) is 4.90 Å². The Morgan fingerprint density at radius 2 is 2.37 bits per heavy atom. The third kappa shape index (κ3) is 3.09. The van der Waals surface area contributed by atoms with Crippen molar-refractivity contribution in [2.24, 2.45) is 0 Å². The molecule has 0 aromatic heterocycles. The summed E-state index contributed by atoms with van der Waals surface area (Å²) in [7, 11) is 0. The lowest BCUT2D eigenvalue weighted by atomic mass is 10.1. The van der Waals surface area contributed by atoms with Crippen molar-refractivity contribution < 1.29 is 14.3 Å². The summed E-state index contributed by atoms with van der Waals surface area (Å²) in [5, 5.41) is 17.6. The zero-order valence-electron chi connectivity index (χ0n) is 10.5. The van der Waals surface area contributed by atoms with Crippen molar-refractivity contribution >= 4 is 5.97 Å². The number of halogens is 1. The van der Waals surface area contributed by atoms with Crippen molar-refractivity contribution in [3.8, 4) is 6.07 Å². The monoisotopic (exact) mass is 262 g/mol. The summed E-state index contributed by atoms with van der Waals surface area (Å²) in [6.07, 6.45) is 1.84. The van der Waals surface area contributed by atoms with Crippen LogP contribution in [0.2, 0.25) is 0 Å². The van der Waals surface area contributed by atoms with Gasteiger partial charge >= 0.3 is 5.97 Å². The van der Waals surface area contributed by atoms with Crippen molar-refractivity contribution in [3.63, 3.8) is 0 Å². The molecule has 1 aliphatic heterocycles. The fourth-order valence-electron chi connectivity index (χ4n) is 2.54. The van der Waals surface area contributed by atoms with Gasteiger partial charge in [0.15, 0.2) is 0 Å². The molecule has 1 aliphatic rings. The Morgan fingerprint density at radius 3 is 3.05 bits per heavy atom. The molecule has 0 radical (unpaired) electrons. The predicted molar refractivity (Wildman–Crippen MR) is 66.8 cm³/mol. The second-order valence-corrected chi connectivity index (χ2v) is 4.75. The van der Waals surface area contributed by atoms with Gasteiger partial charge in [-0.2, -0.15) is 5.26 Å². The lowest BCUT2D eigenvalue weighted by Gasteiger charge is -2.23. The van der Waals surface area contributed by atoms with Gasteiger partial charge in [-0.25, -0.2) is 4.39 Å². The summed E-state index contributed by atoms with van der Waals surface area (Å²) in [4.78, 5) is 12.8. The van der Waals surface area contributed by atoms with Crippen LogP contribution >= 0.6 is 0 Å². The number of aliphatic carboxylic acids is 1. The molecule has 1 aromatic carbocycles. The van der Waals surface area contributed by atoms with Crippen molar-refractivity contribution in [2.75, 3.05) is 6.54 Å². The van der Waals surface area contributed by atoms with E-state index < -0.39 is 11.8 Å². The highest BCUT2D eigenvalue weighted by Gasteiger charge is 2.27. The molecule has 0 aliphatic carbocycles. The molecule has 0 saturated carbocycles. The van der Waals surface area contributed by atoms with E-state index in [2.05, 4.69) is 0 Å². The SMILES string of the molecule is N#Cc1cccc(CN2CCCC2CC(=O)O)c1F. The minimum Gasteiger partial charge on any atom is -0.481 e. The number of hydrogen-bond acceptors (Lipinski definition) is 3. The highest BCUT2D eigenvalue weighted by atomic mass is 19.1. The average molecular weight is 262 g/mol. The van der Waals surface area contributed by atoms with Gasteiger partial charge in [0, 0.05) is 18.2 Å². The van der Waals surface area contributed by atoms with E-state index in [4.69, 9.17) is 10.4 Å². The van der Waals surface area contributed by atoms with E-state index in [-0.39, 0.29) is 18.0 Å². The number of likely N-dealkylation sites (tertiary alicyclic amines) is 1. The Labute approximate surface area is 111 Å². The van der Waals surface area contributed by atoms with Crippen LogP contribution in [0.4, 0.5) is 4.39 Å². The van der Waals surface area contributed by atoms with Gasteiger partial charge in [-0.15, -0.1) is 0 Å². The molecule has 4 nitrogen and oxygen atoms in total. The van der Waals surface area contributed by atoms with E-state index in [1.54, 1.807) is 12.1 Å². The normalized spacial score (nSPS) is 19.3. The predicted octanol–water partition coefficient (Wildman–Crippen LogP) is 2.14. The summed E-state index contributed by atoms with van der Waals surface area (Å²) < 4.78 is 14.0. The third-order valence-corrected chi connectivity index (χ3v) is 3.48. The maximum Gasteiger partial charge on any atom is 0.304 e. The van der Waals surface area contributed by atoms with Crippen LogP contribution < -0.4 is 0 Å². The van der Waals surface area contributed by atoms with Crippen LogP contribution in [0.5, 0.6) is 0 Å². The molecule has 2 rings (SSSR count). The minimum absolute atomic E-state index is 0.0338. The van der Waals surface area contributed by atoms with Crippen molar-refractivity contribution in [3.05, 3.63) is 35.1 Å². The molecule has 0 spiro atoms. The van der Waals surface area contributed by atoms with Gasteiger partial charge in [0.2, 0.25) is 0 Å². The fourth-order valence-corrected chi connectivity index (χ4v) is 2.54. The standard InChI is InChI=1S/C14H15FN2O2/c15-14-10(8-16)3-1-4-11(14)9-17-6-2-5-12(17)7-13(18)19/h1,3-4,12H,2,5-7,9H2,(H,18,19). The second-order valence-electron chi connectivity index (χ2n) is 4.75. The first-order valence-corrected chi connectivity index (χ1v) is 6.25. The van der Waals surface area contributed by atoms with E-state index in [0.717, 1.165) is 19.4 Å². The number of benzene rings is 1. The molecule has 19 heavy (non-hydrogen) atoms. The van der Waals surface area contributed by atoms with E-state index in [9.17, 15) is 9.18 Å². The molecule has 0 bridgehead atoms. The number of nitriles is 1. The highest BCUT2D eigenvalue weighted by molar-refractivity contribution is 5.67. The van der Waals surface area contributed by atoms with Crippen molar-refractivity contribution in [1.29, 1.82) is 5.26 Å². The maximum atomic E-state index is 14.0. The number of carbonyl (C=O) groups is 1. The van der Waals surface area contributed by atoms with Crippen LogP contribution in [-0.4, -0.2) is 28.6 Å². The number of carboxylic acid groups (broad SMARTS) is 1. The summed E-state index contributed by atoms with van der Waals surface area (Å²) in [5.41, 5.74) is 0.489. The largest absolute Gasteiger partial charge is 0.481 e. The second kappa shape index (κ2) is 5.81. The minimum atomic E-state index is -0.830. The molecule has 0 amide bonds. The number of nitrogens with zero attached hydrogens (tertiary/aromatic N) is 2.